The van der Waals surface area contributed by atoms with E-state index >= 15 is 0 Å². The summed E-state index contributed by atoms with van der Waals surface area (Å²) in [4.78, 5) is 12.9. The van der Waals surface area contributed by atoms with Gasteiger partial charge in [0.15, 0.2) is 0 Å². The Kier molecular flexibility index (Phi) is 4.94. The maximum atomic E-state index is 12.9. The van der Waals surface area contributed by atoms with Gasteiger partial charge in [-0.2, -0.15) is 0 Å². The monoisotopic (exact) mass is 297 g/mol. The van der Waals surface area contributed by atoms with Crippen molar-refractivity contribution in [2.75, 3.05) is 39.6 Å². The molecule has 0 radical (unpaired) electrons. The summed E-state index contributed by atoms with van der Waals surface area (Å²) in [6, 6.07) is 0.191. The van der Waals surface area contributed by atoms with E-state index in [-0.39, 0.29) is 23.5 Å². The number of hydrogen-bond acceptors (Lipinski definition) is 5. The fourth-order valence-corrected chi connectivity index (χ4v) is 3.80. The van der Waals surface area contributed by atoms with Gasteiger partial charge >= 0.3 is 0 Å². The summed E-state index contributed by atoms with van der Waals surface area (Å²) in [5.74, 6) is 0.493. The minimum atomic E-state index is -0.190. The smallest absolute Gasteiger partial charge is 0.143 e. The fourth-order valence-electron chi connectivity index (χ4n) is 3.80. The first kappa shape index (κ1) is 15.4. The molecule has 0 bridgehead atoms. The zero-order chi connectivity index (χ0) is 14.7. The van der Waals surface area contributed by atoms with E-state index in [0.29, 0.717) is 32.2 Å². The van der Waals surface area contributed by atoms with Gasteiger partial charge in [0.2, 0.25) is 0 Å². The number of carbonyl (C=O) groups excluding carboxylic acids is 1. The van der Waals surface area contributed by atoms with Crippen LogP contribution in [0.2, 0.25) is 0 Å². The summed E-state index contributed by atoms with van der Waals surface area (Å²) in [5.41, 5.74) is -0.190. The molecule has 3 aliphatic rings. The topological polar surface area (TPSA) is 56.8 Å². The summed E-state index contributed by atoms with van der Waals surface area (Å²) < 4.78 is 17.0. The molecule has 3 aliphatic heterocycles. The Morgan fingerprint density at radius 2 is 2.19 bits per heavy atom. The number of ketones is 1. The summed E-state index contributed by atoms with van der Waals surface area (Å²) in [5, 5.41) is 3.46. The SMILES string of the molecule is CCCNC1COCC1C(=O)C1CCOC2(CCOC2)C1. The Morgan fingerprint density at radius 1 is 1.29 bits per heavy atom. The Hall–Kier alpha value is -0.490. The minimum absolute atomic E-state index is 0.0130. The van der Waals surface area contributed by atoms with Crippen molar-refractivity contribution in [3.63, 3.8) is 0 Å². The number of rotatable bonds is 5. The first-order valence-corrected chi connectivity index (χ1v) is 8.31. The van der Waals surface area contributed by atoms with Crippen molar-refractivity contribution in [3.8, 4) is 0 Å². The Balaban J connectivity index is 1.61. The van der Waals surface area contributed by atoms with E-state index in [9.17, 15) is 4.79 Å². The van der Waals surface area contributed by atoms with Gasteiger partial charge in [-0.05, 0) is 25.8 Å². The first-order valence-electron chi connectivity index (χ1n) is 8.31. The number of nitrogens with one attached hydrogen (secondary N) is 1. The van der Waals surface area contributed by atoms with Gasteiger partial charge in [-0.15, -0.1) is 0 Å². The second kappa shape index (κ2) is 6.73. The molecule has 5 heteroatoms. The molecular formula is C16H27NO4. The number of hydrogen-bond donors (Lipinski definition) is 1. The third-order valence-electron chi connectivity index (χ3n) is 5.06. The van der Waals surface area contributed by atoms with Crippen molar-refractivity contribution in [1.29, 1.82) is 0 Å². The van der Waals surface area contributed by atoms with Crippen LogP contribution in [0, 0.1) is 11.8 Å². The quantitative estimate of drug-likeness (QED) is 0.825. The predicted octanol–water partition coefficient (Wildman–Crippen LogP) is 1.16. The van der Waals surface area contributed by atoms with Crippen molar-refractivity contribution in [2.24, 2.45) is 11.8 Å². The van der Waals surface area contributed by atoms with Gasteiger partial charge in [0, 0.05) is 31.6 Å². The zero-order valence-corrected chi connectivity index (χ0v) is 12.9. The molecule has 0 aromatic heterocycles. The molecule has 3 saturated heterocycles. The van der Waals surface area contributed by atoms with Crippen LogP contribution < -0.4 is 5.32 Å². The van der Waals surface area contributed by atoms with E-state index in [1.54, 1.807) is 0 Å². The molecule has 3 heterocycles. The third-order valence-corrected chi connectivity index (χ3v) is 5.06. The Morgan fingerprint density at radius 3 is 2.95 bits per heavy atom. The maximum Gasteiger partial charge on any atom is 0.143 e. The first-order chi connectivity index (χ1) is 10.2. The van der Waals surface area contributed by atoms with E-state index in [2.05, 4.69) is 12.2 Å². The van der Waals surface area contributed by atoms with Crippen LogP contribution in [-0.2, 0) is 19.0 Å². The van der Waals surface area contributed by atoms with Gasteiger partial charge in [0.05, 0.1) is 31.3 Å². The highest BCUT2D eigenvalue weighted by molar-refractivity contribution is 5.84. The molecule has 0 amide bonds. The van der Waals surface area contributed by atoms with Crippen molar-refractivity contribution < 1.29 is 19.0 Å². The van der Waals surface area contributed by atoms with Crippen molar-refractivity contribution in [1.82, 2.24) is 5.32 Å². The van der Waals surface area contributed by atoms with E-state index in [0.717, 1.165) is 38.8 Å². The molecule has 0 aliphatic carbocycles. The van der Waals surface area contributed by atoms with Gasteiger partial charge < -0.3 is 19.5 Å². The standard InChI is InChI=1S/C16H27NO4/c1-2-5-17-14-10-20-9-13(14)15(18)12-3-6-21-16(8-12)4-7-19-11-16/h12-14,17H,2-11H2,1H3. The molecule has 3 fully saturated rings. The molecular weight excluding hydrogens is 270 g/mol. The molecule has 3 rings (SSSR count). The molecule has 0 aromatic carbocycles. The molecule has 1 N–H and O–H groups in total. The van der Waals surface area contributed by atoms with E-state index in [1.165, 1.54) is 0 Å². The van der Waals surface area contributed by atoms with Crippen LogP contribution in [0.1, 0.15) is 32.6 Å². The van der Waals surface area contributed by atoms with E-state index in [4.69, 9.17) is 14.2 Å². The highest BCUT2D eigenvalue weighted by Gasteiger charge is 2.45. The lowest BCUT2D eigenvalue weighted by molar-refractivity contribution is -0.141. The lowest BCUT2D eigenvalue weighted by atomic mass is 9.78. The Bertz CT molecular complexity index is 367. The molecule has 1 spiro atoms. The molecule has 120 valence electrons. The van der Waals surface area contributed by atoms with Crippen LogP contribution in [-0.4, -0.2) is 57.0 Å². The van der Waals surface area contributed by atoms with Gasteiger partial charge in [0.25, 0.3) is 0 Å². The summed E-state index contributed by atoms with van der Waals surface area (Å²) in [6.45, 7) is 6.41. The Labute approximate surface area is 126 Å². The van der Waals surface area contributed by atoms with Gasteiger partial charge in [-0.1, -0.05) is 6.92 Å². The normalized spacial score (nSPS) is 40.0. The van der Waals surface area contributed by atoms with Crippen molar-refractivity contribution >= 4 is 5.78 Å². The second-order valence-corrected chi connectivity index (χ2v) is 6.63. The largest absolute Gasteiger partial charge is 0.379 e. The average Bonchev–Trinajstić information content (AvgIpc) is 3.14. The zero-order valence-electron chi connectivity index (χ0n) is 12.9. The van der Waals surface area contributed by atoms with Crippen LogP contribution in [0.5, 0.6) is 0 Å². The highest BCUT2D eigenvalue weighted by atomic mass is 16.6. The highest BCUT2D eigenvalue weighted by Crippen LogP contribution is 2.37. The maximum absolute atomic E-state index is 12.9. The predicted molar refractivity (Wildman–Crippen MR) is 78.2 cm³/mol. The number of ether oxygens (including phenoxy) is 3. The van der Waals surface area contributed by atoms with Gasteiger partial charge in [-0.25, -0.2) is 0 Å². The van der Waals surface area contributed by atoms with Crippen LogP contribution >= 0.6 is 0 Å². The molecule has 4 unspecified atom stereocenters. The van der Waals surface area contributed by atoms with Crippen LogP contribution in [0.25, 0.3) is 0 Å². The lowest BCUT2D eigenvalue weighted by Gasteiger charge is -2.37. The van der Waals surface area contributed by atoms with Gasteiger partial charge in [0.1, 0.15) is 5.78 Å². The number of Topliss-reactive ketones (excluding diaryl/α,β-unsaturated/α-hetero) is 1. The van der Waals surface area contributed by atoms with Crippen LogP contribution in [0.15, 0.2) is 0 Å². The minimum Gasteiger partial charge on any atom is -0.379 e. The number of carbonyl (C=O) groups is 1. The molecule has 4 atom stereocenters. The lowest BCUT2D eigenvalue weighted by Crippen LogP contribution is -2.47. The molecule has 0 aromatic rings. The van der Waals surface area contributed by atoms with Crippen molar-refractivity contribution in [3.05, 3.63) is 0 Å². The van der Waals surface area contributed by atoms with Gasteiger partial charge in [-0.3, -0.25) is 4.79 Å². The molecule has 5 nitrogen and oxygen atoms in total. The fraction of sp³-hybridized carbons (Fsp3) is 0.938. The van der Waals surface area contributed by atoms with E-state index < -0.39 is 0 Å². The molecule has 21 heavy (non-hydrogen) atoms. The summed E-state index contributed by atoms with van der Waals surface area (Å²) >= 11 is 0. The molecule has 0 saturated carbocycles. The average molecular weight is 297 g/mol. The van der Waals surface area contributed by atoms with Crippen molar-refractivity contribution in [2.45, 2.75) is 44.2 Å². The van der Waals surface area contributed by atoms with Crippen LogP contribution in [0.4, 0.5) is 0 Å². The van der Waals surface area contributed by atoms with E-state index in [1.807, 2.05) is 0 Å². The van der Waals surface area contributed by atoms with Crippen LogP contribution in [0.3, 0.4) is 0 Å². The summed E-state index contributed by atoms with van der Waals surface area (Å²) in [6.07, 6.45) is 3.67. The third kappa shape index (κ3) is 3.31. The summed E-state index contributed by atoms with van der Waals surface area (Å²) in [7, 11) is 0. The second-order valence-electron chi connectivity index (χ2n) is 6.63.